The number of amides is 2. The highest BCUT2D eigenvalue weighted by molar-refractivity contribution is 5.97. The first-order valence-corrected chi connectivity index (χ1v) is 5.99. The number of rotatable bonds is 6. The standard InChI is InChI=1S/C13H19N3O4/c1-8(17)15-9-4-5-12(20-3)11(6-9)16-13(18)10(14)7-19-2/h4-6,10H,7,14H2,1-3H3,(H,15,17)(H,16,18). The molecule has 0 spiro atoms. The summed E-state index contributed by atoms with van der Waals surface area (Å²) in [6.07, 6.45) is 0. The molecule has 7 heteroatoms. The Morgan fingerprint density at radius 2 is 2.00 bits per heavy atom. The molecule has 1 atom stereocenters. The van der Waals surface area contributed by atoms with Crippen LogP contribution in [-0.4, -0.2) is 38.7 Å². The summed E-state index contributed by atoms with van der Waals surface area (Å²) in [7, 11) is 2.95. The van der Waals surface area contributed by atoms with Crippen LogP contribution < -0.4 is 21.1 Å². The molecule has 0 saturated carbocycles. The van der Waals surface area contributed by atoms with Crippen LogP contribution in [0.15, 0.2) is 18.2 Å². The zero-order chi connectivity index (χ0) is 15.1. The molecule has 0 aromatic heterocycles. The lowest BCUT2D eigenvalue weighted by molar-refractivity contribution is -0.118. The van der Waals surface area contributed by atoms with Crippen LogP contribution in [0.2, 0.25) is 0 Å². The van der Waals surface area contributed by atoms with E-state index in [1.54, 1.807) is 18.2 Å². The number of hydrogen-bond donors (Lipinski definition) is 3. The molecule has 1 unspecified atom stereocenters. The molecule has 0 heterocycles. The van der Waals surface area contributed by atoms with Crippen molar-refractivity contribution in [3.63, 3.8) is 0 Å². The Morgan fingerprint density at radius 3 is 2.55 bits per heavy atom. The van der Waals surface area contributed by atoms with E-state index in [0.29, 0.717) is 17.1 Å². The van der Waals surface area contributed by atoms with Crippen LogP contribution in [-0.2, 0) is 14.3 Å². The fourth-order valence-electron chi connectivity index (χ4n) is 1.57. The van der Waals surface area contributed by atoms with Gasteiger partial charge in [-0.1, -0.05) is 0 Å². The third-order valence-electron chi connectivity index (χ3n) is 2.46. The molecule has 0 aliphatic carbocycles. The SMILES string of the molecule is COCC(N)C(=O)Nc1cc(NC(C)=O)ccc1OC. The van der Waals surface area contributed by atoms with Gasteiger partial charge in [-0.15, -0.1) is 0 Å². The van der Waals surface area contributed by atoms with Crippen LogP contribution in [0, 0.1) is 0 Å². The van der Waals surface area contributed by atoms with Crippen LogP contribution in [0.4, 0.5) is 11.4 Å². The summed E-state index contributed by atoms with van der Waals surface area (Å²) in [6, 6.07) is 4.12. The van der Waals surface area contributed by atoms with Gasteiger partial charge in [0.25, 0.3) is 0 Å². The van der Waals surface area contributed by atoms with Crippen LogP contribution in [0.3, 0.4) is 0 Å². The van der Waals surface area contributed by atoms with Gasteiger partial charge in [0, 0.05) is 19.7 Å². The summed E-state index contributed by atoms with van der Waals surface area (Å²) < 4.78 is 9.97. The maximum Gasteiger partial charge on any atom is 0.243 e. The van der Waals surface area contributed by atoms with Gasteiger partial charge in [0.15, 0.2) is 0 Å². The van der Waals surface area contributed by atoms with E-state index < -0.39 is 11.9 Å². The van der Waals surface area contributed by atoms with Crippen LogP contribution in [0.5, 0.6) is 5.75 Å². The maximum atomic E-state index is 11.8. The Morgan fingerprint density at radius 1 is 1.30 bits per heavy atom. The predicted molar refractivity (Wildman–Crippen MR) is 75.8 cm³/mol. The molecule has 2 amide bonds. The summed E-state index contributed by atoms with van der Waals surface area (Å²) in [5, 5.41) is 5.26. The Kier molecular flexibility index (Phi) is 5.95. The highest BCUT2D eigenvalue weighted by atomic mass is 16.5. The molecule has 1 rings (SSSR count). The summed E-state index contributed by atoms with van der Waals surface area (Å²) in [5.41, 5.74) is 6.61. The maximum absolute atomic E-state index is 11.8. The van der Waals surface area contributed by atoms with Crippen molar-refractivity contribution < 1.29 is 19.1 Å². The Bertz CT molecular complexity index is 491. The van der Waals surface area contributed by atoms with Gasteiger partial charge in [0.2, 0.25) is 11.8 Å². The zero-order valence-corrected chi connectivity index (χ0v) is 11.7. The summed E-state index contributed by atoms with van der Waals surface area (Å²) >= 11 is 0. The van der Waals surface area contributed by atoms with Crippen molar-refractivity contribution in [1.82, 2.24) is 0 Å². The molecule has 7 nitrogen and oxygen atoms in total. The van der Waals surface area contributed by atoms with Crippen molar-refractivity contribution in [2.75, 3.05) is 31.5 Å². The third-order valence-corrected chi connectivity index (χ3v) is 2.46. The fourth-order valence-corrected chi connectivity index (χ4v) is 1.57. The second-order valence-electron chi connectivity index (χ2n) is 4.15. The monoisotopic (exact) mass is 281 g/mol. The van der Waals surface area contributed by atoms with E-state index in [4.69, 9.17) is 15.2 Å². The van der Waals surface area contributed by atoms with Crippen molar-refractivity contribution in [3.05, 3.63) is 18.2 Å². The average Bonchev–Trinajstić information content (AvgIpc) is 2.38. The Labute approximate surface area is 117 Å². The minimum absolute atomic E-state index is 0.111. The van der Waals surface area contributed by atoms with E-state index in [-0.39, 0.29) is 12.5 Å². The van der Waals surface area contributed by atoms with E-state index in [2.05, 4.69) is 10.6 Å². The highest BCUT2D eigenvalue weighted by Crippen LogP contribution is 2.27. The Balaban J connectivity index is 2.90. The average molecular weight is 281 g/mol. The quantitative estimate of drug-likeness (QED) is 0.707. The molecule has 0 fully saturated rings. The van der Waals surface area contributed by atoms with Gasteiger partial charge in [0.05, 0.1) is 19.4 Å². The van der Waals surface area contributed by atoms with E-state index in [0.717, 1.165) is 0 Å². The number of nitrogens with two attached hydrogens (primary N) is 1. The molecule has 0 radical (unpaired) electrons. The fraction of sp³-hybridized carbons (Fsp3) is 0.385. The van der Waals surface area contributed by atoms with Gasteiger partial charge in [0.1, 0.15) is 11.8 Å². The molecule has 1 aromatic carbocycles. The largest absolute Gasteiger partial charge is 0.495 e. The van der Waals surface area contributed by atoms with E-state index >= 15 is 0 Å². The second-order valence-corrected chi connectivity index (χ2v) is 4.15. The Hall–Kier alpha value is -2.12. The van der Waals surface area contributed by atoms with Gasteiger partial charge in [-0.25, -0.2) is 0 Å². The lowest BCUT2D eigenvalue weighted by Gasteiger charge is -2.15. The van der Waals surface area contributed by atoms with Crippen LogP contribution in [0.1, 0.15) is 6.92 Å². The van der Waals surface area contributed by atoms with E-state index in [9.17, 15) is 9.59 Å². The molecule has 0 aliphatic rings. The number of anilines is 2. The van der Waals surface area contributed by atoms with Crippen molar-refractivity contribution in [2.45, 2.75) is 13.0 Å². The number of carbonyl (C=O) groups excluding carboxylic acids is 2. The molecule has 1 aromatic rings. The third kappa shape index (κ3) is 4.52. The summed E-state index contributed by atoms with van der Waals surface area (Å²) in [4.78, 5) is 22.9. The lowest BCUT2D eigenvalue weighted by Crippen LogP contribution is -2.39. The highest BCUT2D eigenvalue weighted by Gasteiger charge is 2.15. The molecular weight excluding hydrogens is 262 g/mol. The van der Waals surface area contributed by atoms with Gasteiger partial charge in [-0.3, -0.25) is 9.59 Å². The van der Waals surface area contributed by atoms with Gasteiger partial charge in [-0.2, -0.15) is 0 Å². The lowest BCUT2D eigenvalue weighted by atomic mass is 10.2. The van der Waals surface area contributed by atoms with Crippen molar-refractivity contribution >= 4 is 23.2 Å². The number of methoxy groups -OCH3 is 2. The first kappa shape index (κ1) is 15.9. The number of ether oxygens (including phenoxy) is 2. The van der Waals surface area contributed by atoms with E-state index in [1.165, 1.54) is 21.1 Å². The topological polar surface area (TPSA) is 103 Å². The van der Waals surface area contributed by atoms with E-state index in [1.807, 2.05) is 0 Å². The first-order valence-electron chi connectivity index (χ1n) is 5.99. The van der Waals surface area contributed by atoms with Crippen LogP contribution >= 0.6 is 0 Å². The van der Waals surface area contributed by atoms with Crippen molar-refractivity contribution in [1.29, 1.82) is 0 Å². The molecule has 0 saturated heterocycles. The minimum Gasteiger partial charge on any atom is -0.495 e. The van der Waals surface area contributed by atoms with Crippen LogP contribution in [0.25, 0.3) is 0 Å². The normalized spacial score (nSPS) is 11.6. The molecule has 0 bridgehead atoms. The predicted octanol–water partition coefficient (Wildman–Crippen LogP) is 0.566. The summed E-state index contributed by atoms with van der Waals surface area (Å²) in [6.45, 7) is 1.51. The molecule has 20 heavy (non-hydrogen) atoms. The summed E-state index contributed by atoms with van der Waals surface area (Å²) in [5.74, 6) is -0.134. The van der Waals surface area contributed by atoms with Gasteiger partial charge < -0.3 is 25.8 Å². The van der Waals surface area contributed by atoms with Crippen molar-refractivity contribution in [3.8, 4) is 5.75 Å². The number of nitrogens with one attached hydrogen (secondary N) is 2. The minimum atomic E-state index is -0.783. The number of hydrogen-bond acceptors (Lipinski definition) is 5. The number of carbonyl (C=O) groups is 2. The molecule has 4 N–H and O–H groups in total. The van der Waals surface area contributed by atoms with Gasteiger partial charge >= 0.3 is 0 Å². The number of benzene rings is 1. The second kappa shape index (κ2) is 7.46. The first-order chi connectivity index (χ1) is 9.47. The van der Waals surface area contributed by atoms with Gasteiger partial charge in [-0.05, 0) is 18.2 Å². The molecular formula is C13H19N3O4. The smallest absolute Gasteiger partial charge is 0.243 e. The molecule has 0 aliphatic heterocycles. The zero-order valence-electron chi connectivity index (χ0n) is 11.7. The molecule has 110 valence electrons. The van der Waals surface area contributed by atoms with Crippen molar-refractivity contribution in [2.24, 2.45) is 5.73 Å².